The van der Waals surface area contributed by atoms with Gasteiger partial charge in [0.05, 0.1) is 0 Å². The SMILES string of the molecule is CC(C)C(C(=O)N1CCCC(C)(C)CC1)C(N)=NO. The van der Waals surface area contributed by atoms with Gasteiger partial charge >= 0.3 is 0 Å². The van der Waals surface area contributed by atoms with Crippen LogP contribution in [0.5, 0.6) is 0 Å². The number of nitrogens with two attached hydrogens (primary N) is 1. The number of hydrogen-bond donors (Lipinski definition) is 2. The molecule has 1 amide bonds. The molecule has 1 heterocycles. The van der Waals surface area contributed by atoms with Crippen molar-refractivity contribution in [1.29, 1.82) is 0 Å². The van der Waals surface area contributed by atoms with E-state index in [0.717, 1.165) is 32.4 Å². The van der Waals surface area contributed by atoms with E-state index >= 15 is 0 Å². The molecular formula is C14H27N3O2. The number of carbonyl (C=O) groups is 1. The Balaban J connectivity index is 2.80. The predicted molar refractivity (Wildman–Crippen MR) is 75.9 cm³/mol. The zero-order chi connectivity index (χ0) is 14.6. The van der Waals surface area contributed by atoms with Crippen LogP contribution in [0.25, 0.3) is 0 Å². The topological polar surface area (TPSA) is 78.9 Å². The summed E-state index contributed by atoms with van der Waals surface area (Å²) in [7, 11) is 0. The molecule has 1 saturated heterocycles. The normalized spacial score (nSPS) is 22.2. The minimum Gasteiger partial charge on any atom is -0.409 e. The summed E-state index contributed by atoms with van der Waals surface area (Å²) in [5, 5.41) is 11.9. The summed E-state index contributed by atoms with van der Waals surface area (Å²) in [6, 6.07) is 0. The molecule has 1 aliphatic rings. The fourth-order valence-corrected chi connectivity index (χ4v) is 2.66. The maximum atomic E-state index is 12.6. The second kappa shape index (κ2) is 6.26. The van der Waals surface area contributed by atoms with Gasteiger partial charge in [0.25, 0.3) is 0 Å². The summed E-state index contributed by atoms with van der Waals surface area (Å²) in [5.41, 5.74) is 5.96. The zero-order valence-corrected chi connectivity index (χ0v) is 12.5. The Morgan fingerprint density at radius 1 is 1.32 bits per heavy atom. The van der Waals surface area contributed by atoms with Crippen molar-refractivity contribution in [3.8, 4) is 0 Å². The van der Waals surface area contributed by atoms with Gasteiger partial charge in [-0.15, -0.1) is 0 Å². The highest BCUT2D eigenvalue weighted by atomic mass is 16.4. The number of amides is 1. The Bertz CT molecular complexity index is 351. The molecule has 0 bridgehead atoms. The van der Waals surface area contributed by atoms with Gasteiger partial charge in [-0.05, 0) is 30.6 Å². The first-order valence-electron chi connectivity index (χ1n) is 7.04. The lowest BCUT2D eigenvalue weighted by Crippen LogP contribution is -2.44. The molecule has 0 aliphatic carbocycles. The first-order valence-corrected chi connectivity index (χ1v) is 7.04. The number of carbonyl (C=O) groups excluding carboxylic acids is 1. The Hall–Kier alpha value is -1.26. The standard InChI is InChI=1S/C14H27N3O2/c1-10(2)11(12(15)16-19)13(18)17-8-5-6-14(3,4)7-9-17/h10-11,19H,5-9H2,1-4H3,(H2,15,16). The van der Waals surface area contributed by atoms with E-state index in [9.17, 15) is 4.79 Å². The highest BCUT2D eigenvalue weighted by Gasteiger charge is 2.33. The van der Waals surface area contributed by atoms with Gasteiger partial charge in [0.1, 0.15) is 5.92 Å². The van der Waals surface area contributed by atoms with Crippen molar-refractivity contribution in [3.63, 3.8) is 0 Å². The largest absolute Gasteiger partial charge is 0.409 e. The van der Waals surface area contributed by atoms with E-state index in [-0.39, 0.29) is 17.7 Å². The third-order valence-corrected chi connectivity index (χ3v) is 4.02. The Morgan fingerprint density at radius 3 is 2.47 bits per heavy atom. The van der Waals surface area contributed by atoms with Crippen LogP contribution >= 0.6 is 0 Å². The van der Waals surface area contributed by atoms with Crippen molar-refractivity contribution in [1.82, 2.24) is 4.90 Å². The number of oxime groups is 1. The molecule has 5 nitrogen and oxygen atoms in total. The summed E-state index contributed by atoms with van der Waals surface area (Å²) in [5.74, 6) is -0.489. The first-order chi connectivity index (χ1) is 8.78. The smallest absolute Gasteiger partial charge is 0.233 e. The molecule has 0 aromatic carbocycles. The molecule has 0 radical (unpaired) electrons. The number of nitrogens with zero attached hydrogens (tertiary/aromatic N) is 2. The molecule has 1 atom stereocenters. The quantitative estimate of drug-likeness (QED) is 0.356. The van der Waals surface area contributed by atoms with Crippen LogP contribution < -0.4 is 5.73 Å². The van der Waals surface area contributed by atoms with Crippen LogP contribution in [0, 0.1) is 17.3 Å². The molecular weight excluding hydrogens is 242 g/mol. The van der Waals surface area contributed by atoms with Gasteiger partial charge in [-0.25, -0.2) is 0 Å². The van der Waals surface area contributed by atoms with Crippen molar-refractivity contribution < 1.29 is 10.0 Å². The minimum absolute atomic E-state index is 0.0111. The second-order valence-electron chi connectivity index (χ2n) is 6.59. The highest BCUT2D eigenvalue weighted by molar-refractivity contribution is 6.02. The molecule has 1 rings (SSSR count). The lowest BCUT2D eigenvalue weighted by atomic mass is 9.85. The van der Waals surface area contributed by atoms with Crippen molar-refractivity contribution in [2.24, 2.45) is 28.1 Å². The van der Waals surface area contributed by atoms with Gasteiger partial charge in [-0.1, -0.05) is 32.9 Å². The van der Waals surface area contributed by atoms with Gasteiger partial charge < -0.3 is 15.8 Å². The molecule has 1 aliphatic heterocycles. The van der Waals surface area contributed by atoms with Gasteiger partial charge in [-0.2, -0.15) is 0 Å². The van der Waals surface area contributed by atoms with Crippen LogP contribution in [0.4, 0.5) is 0 Å². The molecule has 19 heavy (non-hydrogen) atoms. The first kappa shape index (κ1) is 15.8. The molecule has 110 valence electrons. The lowest BCUT2D eigenvalue weighted by molar-refractivity contribution is -0.134. The van der Waals surface area contributed by atoms with Gasteiger partial charge in [-0.3, -0.25) is 4.79 Å². The molecule has 0 aromatic rings. The monoisotopic (exact) mass is 269 g/mol. The Kier molecular flexibility index (Phi) is 5.20. The van der Waals surface area contributed by atoms with Crippen molar-refractivity contribution in [2.75, 3.05) is 13.1 Å². The van der Waals surface area contributed by atoms with Crippen LogP contribution in [0.1, 0.15) is 47.0 Å². The van der Waals surface area contributed by atoms with Crippen molar-refractivity contribution >= 4 is 11.7 Å². The average Bonchev–Trinajstić information content (AvgIpc) is 2.49. The van der Waals surface area contributed by atoms with Crippen LogP contribution in [0.2, 0.25) is 0 Å². The summed E-state index contributed by atoms with van der Waals surface area (Å²) in [4.78, 5) is 14.4. The van der Waals surface area contributed by atoms with E-state index in [0.29, 0.717) is 5.41 Å². The van der Waals surface area contributed by atoms with E-state index in [1.54, 1.807) is 0 Å². The summed E-state index contributed by atoms with van der Waals surface area (Å²) in [6.07, 6.45) is 3.14. The molecule has 3 N–H and O–H groups in total. The predicted octanol–water partition coefficient (Wildman–Crippen LogP) is 2.04. The maximum Gasteiger partial charge on any atom is 0.233 e. The summed E-state index contributed by atoms with van der Waals surface area (Å²) in [6.45, 7) is 9.84. The highest BCUT2D eigenvalue weighted by Crippen LogP contribution is 2.30. The van der Waals surface area contributed by atoms with Crippen molar-refractivity contribution in [3.05, 3.63) is 0 Å². The number of hydrogen-bond acceptors (Lipinski definition) is 3. The number of likely N-dealkylation sites (tertiary alicyclic amines) is 1. The van der Waals surface area contributed by atoms with E-state index < -0.39 is 5.92 Å². The van der Waals surface area contributed by atoms with Gasteiger partial charge in [0, 0.05) is 13.1 Å². The van der Waals surface area contributed by atoms with Crippen LogP contribution in [-0.2, 0) is 4.79 Å². The Morgan fingerprint density at radius 2 is 1.95 bits per heavy atom. The molecule has 1 unspecified atom stereocenters. The summed E-state index contributed by atoms with van der Waals surface area (Å²) >= 11 is 0. The molecule has 0 aromatic heterocycles. The number of amidine groups is 1. The van der Waals surface area contributed by atoms with Crippen molar-refractivity contribution in [2.45, 2.75) is 47.0 Å². The van der Waals surface area contributed by atoms with Crippen LogP contribution in [0.15, 0.2) is 5.16 Å². The van der Waals surface area contributed by atoms with Crippen LogP contribution in [-0.4, -0.2) is 34.9 Å². The summed E-state index contributed by atoms with van der Waals surface area (Å²) < 4.78 is 0. The fraction of sp³-hybridized carbons (Fsp3) is 0.857. The van der Waals surface area contributed by atoms with Gasteiger partial charge in [0.15, 0.2) is 5.84 Å². The molecule has 0 spiro atoms. The zero-order valence-electron chi connectivity index (χ0n) is 12.5. The number of rotatable bonds is 3. The van der Waals surface area contributed by atoms with E-state index in [1.807, 2.05) is 18.7 Å². The van der Waals surface area contributed by atoms with Crippen LogP contribution in [0.3, 0.4) is 0 Å². The third-order valence-electron chi connectivity index (χ3n) is 4.02. The second-order valence-corrected chi connectivity index (χ2v) is 6.59. The van der Waals surface area contributed by atoms with E-state index in [2.05, 4.69) is 19.0 Å². The molecule has 5 heteroatoms. The average molecular weight is 269 g/mol. The minimum atomic E-state index is -0.522. The fourth-order valence-electron chi connectivity index (χ4n) is 2.66. The van der Waals surface area contributed by atoms with E-state index in [4.69, 9.17) is 10.9 Å². The molecule has 1 fully saturated rings. The van der Waals surface area contributed by atoms with E-state index in [1.165, 1.54) is 0 Å². The molecule has 0 saturated carbocycles. The third kappa shape index (κ3) is 4.11. The Labute approximate surface area is 115 Å². The lowest BCUT2D eigenvalue weighted by Gasteiger charge is -2.28. The maximum absolute atomic E-state index is 12.6. The van der Waals surface area contributed by atoms with Gasteiger partial charge in [0.2, 0.25) is 5.91 Å².